The lowest BCUT2D eigenvalue weighted by molar-refractivity contribution is -0.116. The number of aryl methyl sites for hydroxylation is 3. The summed E-state index contributed by atoms with van der Waals surface area (Å²) >= 11 is 0. The average Bonchev–Trinajstić information content (AvgIpc) is 2.61. The minimum atomic E-state index is -1.02. The molecule has 2 rings (SSSR count). The van der Waals surface area contributed by atoms with Crippen LogP contribution in [0, 0.1) is 13.8 Å². The van der Waals surface area contributed by atoms with E-state index in [2.05, 4.69) is 10.6 Å². The van der Waals surface area contributed by atoms with E-state index in [0.717, 1.165) is 11.1 Å². The second-order valence-corrected chi connectivity index (χ2v) is 6.11. The largest absolute Gasteiger partial charge is 0.478 e. The molecular weight excluding hydrogens is 332 g/mol. The highest BCUT2D eigenvalue weighted by atomic mass is 16.4. The second kappa shape index (κ2) is 8.29. The number of nitrogens with one attached hydrogen (secondary N) is 2. The molecule has 6 heteroatoms. The van der Waals surface area contributed by atoms with Crippen LogP contribution in [0.15, 0.2) is 36.4 Å². The van der Waals surface area contributed by atoms with Crippen molar-refractivity contribution in [2.75, 3.05) is 12.4 Å². The number of carbonyl (C=O) groups is 3. The number of hydrogen-bond donors (Lipinski definition) is 3. The van der Waals surface area contributed by atoms with E-state index in [4.69, 9.17) is 0 Å². The van der Waals surface area contributed by atoms with E-state index >= 15 is 0 Å². The van der Waals surface area contributed by atoms with Gasteiger partial charge in [-0.1, -0.05) is 18.2 Å². The van der Waals surface area contributed by atoms with Crippen molar-refractivity contribution in [2.45, 2.75) is 26.7 Å². The zero-order valence-electron chi connectivity index (χ0n) is 15.1. The van der Waals surface area contributed by atoms with E-state index in [1.807, 2.05) is 13.0 Å². The normalized spacial score (nSPS) is 10.3. The maximum atomic E-state index is 12.2. The Morgan fingerprint density at radius 2 is 1.77 bits per heavy atom. The monoisotopic (exact) mass is 354 g/mol. The molecule has 0 aliphatic rings. The van der Waals surface area contributed by atoms with Gasteiger partial charge in [0.2, 0.25) is 5.91 Å². The van der Waals surface area contributed by atoms with Gasteiger partial charge in [-0.3, -0.25) is 9.59 Å². The summed E-state index contributed by atoms with van der Waals surface area (Å²) in [4.78, 5) is 35.1. The highest BCUT2D eigenvalue weighted by Crippen LogP contribution is 2.21. The Labute approximate surface area is 152 Å². The zero-order chi connectivity index (χ0) is 19.3. The highest BCUT2D eigenvalue weighted by molar-refractivity contribution is 5.96. The first-order valence-electron chi connectivity index (χ1n) is 8.27. The predicted molar refractivity (Wildman–Crippen MR) is 99.7 cm³/mol. The number of carboxylic acid groups (broad SMARTS) is 1. The van der Waals surface area contributed by atoms with Gasteiger partial charge in [0.25, 0.3) is 5.91 Å². The number of benzene rings is 2. The van der Waals surface area contributed by atoms with Crippen LogP contribution in [0.5, 0.6) is 0 Å². The highest BCUT2D eigenvalue weighted by Gasteiger charge is 2.13. The smallest absolute Gasteiger partial charge is 0.336 e. The van der Waals surface area contributed by atoms with Crippen molar-refractivity contribution in [3.05, 3.63) is 64.2 Å². The average molecular weight is 354 g/mol. The molecule has 2 aromatic rings. The molecule has 0 fully saturated rings. The van der Waals surface area contributed by atoms with Gasteiger partial charge in [0.05, 0.1) is 5.56 Å². The van der Waals surface area contributed by atoms with Gasteiger partial charge >= 0.3 is 5.97 Å². The Morgan fingerprint density at radius 1 is 1.04 bits per heavy atom. The Balaban J connectivity index is 2.05. The lowest BCUT2D eigenvalue weighted by atomic mass is 10.0. The third-order valence-corrected chi connectivity index (χ3v) is 4.13. The second-order valence-electron chi connectivity index (χ2n) is 6.11. The summed E-state index contributed by atoms with van der Waals surface area (Å²) in [5.41, 5.74) is 3.56. The first kappa shape index (κ1) is 19.2. The van der Waals surface area contributed by atoms with Crippen LogP contribution in [-0.2, 0) is 11.2 Å². The van der Waals surface area contributed by atoms with E-state index in [9.17, 15) is 19.5 Å². The number of aromatic carboxylic acids is 1. The number of amides is 2. The quantitative estimate of drug-likeness (QED) is 0.743. The van der Waals surface area contributed by atoms with Crippen LogP contribution >= 0.6 is 0 Å². The van der Waals surface area contributed by atoms with E-state index in [1.54, 1.807) is 38.2 Å². The van der Waals surface area contributed by atoms with Crippen molar-refractivity contribution in [2.24, 2.45) is 0 Å². The SMILES string of the molecule is CNC(=O)c1cccc(CCC(=O)Nc2cc(C(=O)O)c(C)cc2C)c1. The number of carboxylic acids is 1. The fourth-order valence-electron chi connectivity index (χ4n) is 2.70. The Hall–Kier alpha value is -3.15. The van der Waals surface area contributed by atoms with Gasteiger partial charge in [-0.05, 0) is 55.2 Å². The summed E-state index contributed by atoms with van der Waals surface area (Å²) in [6.45, 7) is 3.54. The van der Waals surface area contributed by atoms with Gasteiger partial charge in [-0.2, -0.15) is 0 Å². The zero-order valence-corrected chi connectivity index (χ0v) is 15.1. The standard InChI is InChI=1S/C20H22N2O4/c1-12-9-13(2)17(11-16(12)20(25)26)22-18(23)8-7-14-5-4-6-15(10-14)19(24)21-3/h4-6,9-11H,7-8H2,1-3H3,(H,21,24)(H,22,23)(H,25,26). The minimum absolute atomic E-state index is 0.171. The maximum absolute atomic E-state index is 12.2. The molecule has 3 N–H and O–H groups in total. The van der Waals surface area contributed by atoms with Crippen molar-refractivity contribution in [1.29, 1.82) is 0 Å². The van der Waals surface area contributed by atoms with Gasteiger partial charge in [0.1, 0.15) is 0 Å². The molecule has 0 saturated carbocycles. The molecule has 0 aliphatic carbocycles. The molecule has 0 spiro atoms. The number of carbonyl (C=O) groups excluding carboxylic acids is 2. The summed E-state index contributed by atoms with van der Waals surface area (Å²) in [5, 5.41) is 14.5. The summed E-state index contributed by atoms with van der Waals surface area (Å²) in [6, 6.07) is 10.3. The van der Waals surface area contributed by atoms with E-state index in [0.29, 0.717) is 23.2 Å². The van der Waals surface area contributed by atoms with Crippen LogP contribution in [0.2, 0.25) is 0 Å². The van der Waals surface area contributed by atoms with Crippen molar-refractivity contribution in [3.63, 3.8) is 0 Å². The van der Waals surface area contributed by atoms with E-state index in [1.165, 1.54) is 6.07 Å². The molecule has 0 saturated heterocycles. The fraction of sp³-hybridized carbons (Fsp3) is 0.250. The molecule has 26 heavy (non-hydrogen) atoms. The van der Waals surface area contributed by atoms with Crippen LogP contribution in [0.25, 0.3) is 0 Å². The first-order chi connectivity index (χ1) is 12.3. The molecule has 6 nitrogen and oxygen atoms in total. The van der Waals surface area contributed by atoms with Gasteiger partial charge in [0, 0.05) is 24.7 Å². The molecule has 0 unspecified atom stereocenters. The molecular formula is C20H22N2O4. The van der Waals surface area contributed by atoms with Crippen LogP contribution in [-0.4, -0.2) is 29.9 Å². The molecule has 136 valence electrons. The van der Waals surface area contributed by atoms with Gasteiger partial charge in [0.15, 0.2) is 0 Å². The molecule has 0 radical (unpaired) electrons. The number of anilines is 1. The van der Waals surface area contributed by atoms with Crippen LogP contribution < -0.4 is 10.6 Å². The summed E-state index contributed by atoms with van der Waals surface area (Å²) in [5.74, 6) is -1.41. The summed E-state index contributed by atoms with van der Waals surface area (Å²) < 4.78 is 0. The van der Waals surface area contributed by atoms with Gasteiger partial charge in [-0.25, -0.2) is 4.79 Å². The molecule has 0 bridgehead atoms. The Kier molecular flexibility index (Phi) is 6.11. The molecule has 2 aromatic carbocycles. The van der Waals surface area contributed by atoms with Crippen molar-refractivity contribution < 1.29 is 19.5 Å². The molecule has 0 aliphatic heterocycles. The fourth-order valence-corrected chi connectivity index (χ4v) is 2.70. The van der Waals surface area contributed by atoms with E-state index in [-0.39, 0.29) is 23.8 Å². The van der Waals surface area contributed by atoms with Crippen LogP contribution in [0.3, 0.4) is 0 Å². The molecule has 2 amide bonds. The van der Waals surface area contributed by atoms with E-state index < -0.39 is 5.97 Å². The summed E-state index contributed by atoms with van der Waals surface area (Å²) in [7, 11) is 1.57. The molecule has 0 aromatic heterocycles. The van der Waals surface area contributed by atoms with Crippen molar-refractivity contribution >= 4 is 23.5 Å². The Morgan fingerprint density at radius 3 is 2.42 bits per heavy atom. The van der Waals surface area contributed by atoms with Gasteiger partial charge < -0.3 is 15.7 Å². The predicted octanol–water partition coefficient (Wildman–Crippen LogP) is 2.93. The lowest BCUT2D eigenvalue weighted by Crippen LogP contribution is -2.18. The number of rotatable bonds is 6. The topological polar surface area (TPSA) is 95.5 Å². The van der Waals surface area contributed by atoms with Gasteiger partial charge in [-0.15, -0.1) is 0 Å². The lowest BCUT2D eigenvalue weighted by Gasteiger charge is -2.12. The third-order valence-electron chi connectivity index (χ3n) is 4.13. The third kappa shape index (κ3) is 4.69. The molecule has 0 atom stereocenters. The summed E-state index contributed by atoms with van der Waals surface area (Å²) in [6.07, 6.45) is 0.709. The van der Waals surface area contributed by atoms with Crippen molar-refractivity contribution in [1.82, 2.24) is 5.32 Å². The Bertz CT molecular complexity index is 859. The van der Waals surface area contributed by atoms with Crippen LogP contribution in [0.1, 0.15) is 43.8 Å². The van der Waals surface area contributed by atoms with Crippen LogP contribution in [0.4, 0.5) is 5.69 Å². The molecule has 0 heterocycles. The minimum Gasteiger partial charge on any atom is -0.478 e. The maximum Gasteiger partial charge on any atom is 0.336 e. The first-order valence-corrected chi connectivity index (χ1v) is 8.27. The van der Waals surface area contributed by atoms with Crippen molar-refractivity contribution in [3.8, 4) is 0 Å². The number of hydrogen-bond acceptors (Lipinski definition) is 3.